The highest BCUT2D eigenvalue weighted by molar-refractivity contribution is 6.31. The number of ether oxygens (including phenoxy) is 1. The van der Waals surface area contributed by atoms with Crippen LogP contribution in [0.4, 0.5) is 10.5 Å². The lowest BCUT2D eigenvalue weighted by Crippen LogP contribution is -2.34. The van der Waals surface area contributed by atoms with Crippen LogP contribution in [0.25, 0.3) is 0 Å². The molecule has 0 aliphatic carbocycles. The van der Waals surface area contributed by atoms with E-state index in [0.717, 1.165) is 0 Å². The van der Waals surface area contributed by atoms with Gasteiger partial charge in [-0.25, -0.2) is 4.79 Å². The maximum Gasteiger partial charge on any atom is 0.325 e. The van der Waals surface area contributed by atoms with Crippen molar-refractivity contribution in [3.8, 4) is 6.07 Å². The molecule has 0 saturated carbocycles. The van der Waals surface area contributed by atoms with E-state index < -0.39 is 12.0 Å². The largest absolute Gasteiger partial charge is 0.465 e. The summed E-state index contributed by atoms with van der Waals surface area (Å²) in [5.74, 6) is -0.538. The first kappa shape index (κ1) is 14.8. The molecule has 1 aromatic rings. The minimum absolute atomic E-state index is 0.245. The Balaban J connectivity index is 2.60. The molecule has 0 aliphatic rings. The highest BCUT2D eigenvalue weighted by Gasteiger charge is 2.09. The number of halogens is 1. The first-order valence-corrected chi connectivity index (χ1v) is 5.84. The van der Waals surface area contributed by atoms with Gasteiger partial charge in [-0.05, 0) is 25.1 Å². The summed E-state index contributed by atoms with van der Waals surface area (Å²) in [5, 5.41) is 14.0. The summed E-state index contributed by atoms with van der Waals surface area (Å²) in [7, 11) is 0. The molecule has 0 fully saturated rings. The van der Waals surface area contributed by atoms with E-state index in [-0.39, 0.29) is 24.4 Å². The van der Waals surface area contributed by atoms with Gasteiger partial charge in [0, 0.05) is 5.02 Å². The number of hydrogen-bond donors (Lipinski definition) is 2. The van der Waals surface area contributed by atoms with E-state index in [1.807, 2.05) is 6.07 Å². The van der Waals surface area contributed by atoms with Crippen molar-refractivity contribution in [2.45, 2.75) is 6.92 Å². The third-order valence-electron chi connectivity index (χ3n) is 2.05. The first-order valence-electron chi connectivity index (χ1n) is 5.47. The molecule has 7 heteroatoms. The normalized spacial score (nSPS) is 9.32. The van der Waals surface area contributed by atoms with Crippen molar-refractivity contribution in [3.63, 3.8) is 0 Å². The van der Waals surface area contributed by atoms with Gasteiger partial charge in [-0.2, -0.15) is 5.26 Å². The predicted molar refractivity (Wildman–Crippen MR) is 69.8 cm³/mol. The van der Waals surface area contributed by atoms with Gasteiger partial charge in [-0.15, -0.1) is 0 Å². The van der Waals surface area contributed by atoms with Crippen LogP contribution in [0.5, 0.6) is 0 Å². The van der Waals surface area contributed by atoms with Crippen LogP contribution in [0, 0.1) is 11.3 Å². The number of benzene rings is 1. The fourth-order valence-corrected chi connectivity index (χ4v) is 1.42. The van der Waals surface area contributed by atoms with E-state index in [0.29, 0.717) is 5.02 Å². The molecular weight excluding hydrogens is 270 g/mol. The molecule has 0 saturated heterocycles. The van der Waals surface area contributed by atoms with Crippen LogP contribution < -0.4 is 10.6 Å². The molecule has 2 N–H and O–H groups in total. The van der Waals surface area contributed by atoms with Crippen molar-refractivity contribution >= 4 is 29.3 Å². The molecule has 0 atom stereocenters. The molecule has 0 bridgehead atoms. The number of carbonyl (C=O) groups is 2. The number of nitrogens with zero attached hydrogens (tertiary/aromatic N) is 1. The van der Waals surface area contributed by atoms with Crippen molar-refractivity contribution in [2.75, 3.05) is 18.5 Å². The summed E-state index contributed by atoms with van der Waals surface area (Å²) >= 11 is 5.77. The SMILES string of the molecule is CCOC(=O)CNC(=O)Nc1cc(Cl)ccc1C#N. The number of carbonyl (C=O) groups excluding carboxylic acids is 2. The van der Waals surface area contributed by atoms with Gasteiger partial charge in [0.2, 0.25) is 0 Å². The van der Waals surface area contributed by atoms with Crippen LogP contribution >= 0.6 is 11.6 Å². The minimum Gasteiger partial charge on any atom is -0.465 e. The molecule has 0 aromatic heterocycles. The molecular formula is C12H12ClN3O3. The van der Waals surface area contributed by atoms with Crippen LogP contribution in [0.3, 0.4) is 0 Å². The lowest BCUT2D eigenvalue weighted by atomic mass is 10.2. The Kier molecular flexibility index (Phi) is 5.64. The summed E-state index contributed by atoms with van der Waals surface area (Å²) < 4.78 is 4.65. The average molecular weight is 282 g/mol. The van der Waals surface area contributed by atoms with Crippen LogP contribution in [0.2, 0.25) is 5.02 Å². The molecule has 0 aliphatic heterocycles. The molecule has 6 nitrogen and oxygen atoms in total. The van der Waals surface area contributed by atoms with Crippen molar-refractivity contribution in [1.29, 1.82) is 5.26 Å². The number of nitrogens with one attached hydrogen (secondary N) is 2. The van der Waals surface area contributed by atoms with Gasteiger partial charge in [0.05, 0.1) is 17.9 Å². The Bertz CT molecular complexity index is 525. The fourth-order valence-electron chi connectivity index (χ4n) is 1.25. The highest BCUT2D eigenvalue weighted by atomic mass is 35.5. The molecule has 2 amide bonds. The summed E-state index contributed by atoms with van der Waals surface area (Å²) in [5.41, 5.74) is 0.548. The lowest BCUT2D eigenvalue weighted by molar-refractivity contribution is -0.141. The van der Waals surface area contributed by atoms with E-state index >= 15 is 0 Å². The maximum atomic E-state index is 11.5. The first-order chi connectivity index (χ1) is 9.06. The fraction of sp³-hybridized carbons (Fsp3) is 0.250. The Labute approximate surface area is 115 Å². The maximum absolute atomic E-state index is 11.5. The van der Waals surface area contributed by atoms with Gasteiger partial charge in [-0.1, -0.05) is 11.6 Å². The van der Waals surface area contributed by atoms with Crippen LogP contribution in [-0.2, 0) is 9.53 Å². The van der Waals surface area contributed by atoms with Gasteiger partial charge >= 0.3 is 12.0 Å². The second-order valence-electron chi connectivity index (χ2n) is 3.41. The molecule has 0 unspecified atom stereocenters. The van der Waals surface area contributed by atoms with Gasteiger partial charge < -0.3 is 15.4 Å². The van der Waals surface area contributed by atoms with E-state index in [4.69, 9.17) is 16.9 Å². The van der Waals surface area contributed by atoms with Crippen LogP contribution in [0.1, 0.15) is 12.5 Å². The molecule has 0 radical (unpaired) electrons. The standard InChI is InChI=1S/C12H12ClN3O3/c1-2-19-11(17)7-15-12(18)16-10-5-9(13)4-3-8(10)6-14/h3-5H,2,7H2,1H3,(H2,15,16,18). The van der Waals surface area contributed by atoms with Crippen molar-refractivity contribution in [1.82, 2.24) is 5.32 Å². The number of rotatable bonds is 4. The van der Waals surface area contributed by atoms with Crippen molar-refractivity contribution < 1.29 is 14.3 Å². The predicted octanol–water partition coefficient (Wildman–Crippen LogP) is 1.90. The molecule has 0 heterocycles. The Morgan fingerprint density at radius 1 is 1.47 bits per heavy atom. The summed E-state index contributed by atoms with van der Waals surface area (Å²) in [4.78, 5) is 22.6. The Hall–Kier alpha value is -2.26. The molecule has 100 valence electrons. The number of amides is 2. The number of urea groups is 1. The van der Waals surface area contributed by atoms with Crippen LogP contribution in [0.15, 0.2) is 18.2 Å². The average Bonchev–Trinajstić information content (AvgIpc) is 2.37. The zero-order valence-corrected chi connectivity index (χ0v) is 11.0. The quantitative estimate of drug-likeness (QED) is 0.825. The second kappa shape index (κ2) is 7.24. The molecule has 1 rings (SSSR count). The smallest absolute Gasteiger partial charge is 0.325 e. The molecule has 19 heavy (non-hydrogen) atoms. The van der Waals surface area contributed by atoms with Crippen molar-refractivity contribution in [3.05, 3.63) is 28.8 Å². The lowest BCUT2D eigenvalue weighted by Gasteiger charge is -2.08. The van der Waals surface area contributed by atoms with Gasteiger partial charge in [0.25, 0.3) is 0 Å². The number of anilines is 1. The van der Waals surface area contributed by atoms with Gasteiger partial charge in [0.15, 0.2) is 0 Å². The zero-order valence-electron chi connectivity index (χ0n) is 10.2. The van der Waals surface area contributed by atoms with Crippen LogP contribution in [-0.4, -0.2) is 25.2 Å². The van der Waals surface area contributed by atoms with E-state index in [9.17, 15) is 9.59 Å². The molecule has 0 spiro atoms. The summed E-state index contributed by atoms with van der Waals surface area (Å²) in [6.07, 6.45) is 0. The summed E-state index contributed by atoms with van der Waals surface area (Å²) in [6.45, 7) is 1.67. The zero-order chi connectivity index (χ0) is 14.3. The number of hydrogen-bond acceptors (Lipinski definition) is 4. The topological polar surface area (TPSA) is 91.2 Å². The van der Waals surface area contributed by atoms with E-state index in [1.165, 1.54) is 12.1 Å². The third kappa shape index (κ3) is 4.85. The molecule has 1 aromatic carbocycles. The highest BCUT2D eigenvalue weighted by Crippen LogP contribution is 2.20. The van der Waals surface area contributed by atoms with E-state index in [2.05, 4.69) is 15.4 Å². The van der Waals surface area contributed by atoms with Gasteiger partial charge in [0.1, 0.15) is 12.6 Å². The van der Waals surface area contributed by atoms with E-state index in [1.54, 1.807) is 13.0 Å². The minimum atomic E-state index is -0.619. The summed E-state index contributed by atoms with van der Waals surface area (Å²) in [6, 6.07) is 5.78. The number of nitriles is 1. The van der Waals surface area contributed by atoms with Gasteiger partial charge in [-0.3, -0.25) is 4.79 Å². The third-order valence-corrected chi connectivity index (χ3v) is 2.28. The Morgan fingerprint density at radius 2 is 2.21 bits per heavy atom. The number of esters is 1. The Morgan fingerprint density at radius 3 is 2.84 bits per heavy atom. The van der Waals surface area contributed by atoms with Crippen molar-refractivity contribution in [2.24, 2.45) is 0 Å². The second-order valence-corrected chi connectivity index (χ2v) is 3.85. The monoisotopic (exact) mass is 281 g/mol.